The molecule has 0 spiro atoms. The van der Waals surface area contributed by atoms with E-state index in [1.807, 2.05) is 20.8 Å². The number of alkyl halides is 4. The predicted octanol–water partition coefficient (Wildman–Crippen LogP) is 5.30. The average Bonchev–Trinajstić information content (AvgIpc) is 2.77. The summed E-state index contributed by atoms with van der Waals surface area (Å²) in [5.74, 6) is -4.88. The van der Waals surface area contributed by atoms with E-state index in [1.54, 1.807) is 12.1 Å². The van der Waals surface area contributed by atoms with Crippen LogP contribution in [0.2, 0.25) is 0 Å². The minimum absolute atomic E-state index is 0.0799. The number of aromatic nitrogens is 3. The minimum Gasteiger partial charge on any atom is -0.449 e. The third-order valence-electron chi connectivity index (χ3n) is 5.52. The second-order valence-electron chi connectivity index (χ2n) is 9.43. The second-order valence-corrected chi connectivity index (χ2v) is 9.43. The van der Waals surface area contributed by atoms with Crippen LogP contribution in [0.4, 0.5) is 17.6 Å². The number of rotatable bonds is 6. The highest BCUT2D eigenvalue weighted by Crippen LogP contribution is 2.36. The van der Waals surface area contributed by atoms with E-state index in [9.17, 15) is 32.4 Å². The number of nitrogens with one attached hydrogen (secondary N) is 1. The Hall–Kier alpha value is -3.94. The zero-order chi connectivity index (χ0) is 27.0. The van der Waals surface area contributed by atoms with Gasteiger partial charge in [-0.25, -0.2) is 13.8 Å². The maximum Gasteiger partial charge on any atom is 0.297 e. The molecule has 11 heteroatoms. The Labute approximate surface area is 204 Å². The number of pyridine rings is 1. The SMILES string of the molecule is Cc1c(C#N)cc(C(F)F)cc1Oc1c(C(C)(F)F)ncn(Cc2ccc(C(C)(C)C)[nH]c2=O)c1=O. The summed E-state index contributed by atoms with van der Waals surface area (Å²) in [4.78, 5) is 32.2. The number of hydrogen-bond acceptors (Lipinski definition) is 5. The van der Waals surface area contributed by atoms with Gasteiger partial charge in [0.25, 0.3) is 23.5 Å². The molecule has 7 nitrogen and oxygen atoms in total. The van der Waals surface area contributed by atoms with E-state index in [1.165, 1.54) is 13.0 Å². The molecule has 0 bridgehead atoms. The number of halogens is 4. The summed E-state index contributed by atoms with van der Waals surface area (Å²) in [7, 11) is 0. The lowest BCUT2D eigenvalue weighted by Crippen LogP contribution is -2.29. The van der Waals surface area contributed by atoms with Crippen LogP contribution in [0.3, 0.4) is 0 Å². The molecule has 2 heterocycles. The lowest BCUT2D eigenvalue weighted by Gasteiger charge is -2.19. The first-order valence-electron chi connectivity index (χ1n) is 10.8. The third-order valence-corrected chi connectivity index (χ3v) is 5.52. The molecule has 0 unspecified atom stereocenters. The first kappa shape index (κ1) is 26.7. The molecular formula is C25H24F4N4O3. The van der Waals surface area contributed by atoms with Crippen LogP contribution >= 0.6 is 0 Å². The molecule has 0 aliphatic rings. The van der Waals surface area contributed by atoms with Crippen molar-refractivity contribution in [3.63, 3.8) is 0 Å². The summed E-state index contributed by atoms with van der Waals surface area (Å²) >= 11 is 0. The van der Waals surface area contributed by atoms with Gasteiger partial charge in [-0.15, -0.1) is 0 Å². The lowest BCUT2D eigenvalue weighted by atomic mass is 9.91. The van der Waals surface area contributed by atoms with Crippen LogP contribution in [-0.4, -0.2) is 14.5 Å². The molecule has 0 saturated heterocycles. The molecule has 2 aromatic heterocycles. The highest BCUT2D eigenvalue weighted by molar-refractivity contribution is 5.51. The largest absolute Gasteiger partial charge is 0.449 e. The smallest absolute Gasteiger partial charge is 0.297 e. The van der Waals surface area contributed by atoms with Crippen molar-refractivity contribution in [2.24, 2.45) is 0 Å². The van der Waals surface area contributed by atoms with Gasteiger partial charge in [0.05, 0.1) is 24.5 Å². The quantitative estimate of drug-likeness (QED) is 0.459. The van der Waals surface area contributed by atoms with E-state index in [2.05, 4.69) is 9.97 Å². The van der Waals surface area contributed by atoms with E-state index in [0.29, 0.717) is 12.6 Å². The molecule has 0 fully saturated rings. The molecule has 3 rings (SSSR count). The van der Waals surface area contributed by atoms with Crippen LogP contribution < -0.4 is 15.9 Å². The van der Waals surface area contributed by atoms with E-state index >= 15 is 0 Å². The fourth-order valence-corrected chi connectivity index (χ4v) is 3.40. The number of ether oxygens (including phenoxy) is 1. The maximum atomic E-state index is 14.3. The van der Waals surface area contributed by atoms with Crippen molar-refractivity contribution in [3.05, 3.63) is 84.9 Å². The zero-order valence-corrected chi connectivity index (χ0v) is 20.2. The van der Waals surface area contributed by atoms with Gasteiger partial charge < -0.3 is 9.72 Å². The zero-order valence-electron chi connectivity index (χ0n) is 20.2. The van der Waals surface area contributed by atoms with Crippen LogP contribution in [0.5, 0.6) is 11.5 Å². The van der Waals surface area contributed by atoms with Crippen LogP contribution in [-0.2, 0) is 17.9 Å². The molecule has 1 aromatic carbocycles. The van der Waals surface area contributed by atoms with Gasteiger partial charge in [-0.3, -0.25) is 14.2 Å². The van der Waals surface area contributed by atoms with Crippen LogP contribution in [0, 0.1) is 18.3 Å². The van der Waals surface area contributed by atoms with E-state index < -0.39 is 40.5 Å². The number of hydrogen-bond donors (Lipinski definition) is 1. The fraction of sp³-hybridized carbons (Fsp3) is 0.360. The molecule has 0 aliphatic heterocycles. The Kier molecular flexibility index (Phi) is 7.11. The molecule has 3 aromatic rings. The van der Waals surface area contributed by atoms with Crippen molar-refractivity contribution in [1.29, 1.82) is 5.26 Å². The molecular weight excluding hydrogens is 480 g/mol. The van der Waals surface area contributed by atoms with E-state index in [-0.39, 0.29) is 34.4 Å². The van der Waals surface area contributed by atoms with Crippen LogP contribution in [0.25, 0.3) is 0 Å². The Morgan fingerprint density at radius 2 is 1.83 bits per heavy atom. The summed E-state index contributed by atoms with van der Waals surface area (Å²) in [5, 5.41) is 9.28. The van der Waals surface area contributed by atoms with E-state index in [0.717, 1.165) is 23.0 Å². The molecule has 1 N–H and O–H groups in total. The first-order chi connectivity index (χ1) is 16.6. The van der Waals surface area contributed by atoms with Crippen molar-refractivity contribution < 1.29 is 22.3 Å². The number of H-pyrrole nitrogens is 1. The predicted molar refractivity (Wildman–Crippen MR) is 124 cm³/mol. The fourth-order valence-electron chi connectivity index (χ4n) is 3.40. The number of benzene rings is 1. The Balaban J connectivity index is 2.14. The summed E-state index contributed by atoms with van der Waals surface area (Å²) in [6.45, 7) is 7.29. The standard InChI is InChI=1S/C25H24F4N4O3/c1-13-16(10-30)8-15(21(26)27)9-17(13)36-19-20(25(5,28)29)31-12-33(23(19)35)11-14-6-7-18(24(2,3)4)32-22(14)34/h6-9,12,21H,11H2,1-5H3,(H,32,34). The van der Waals surface area contributed by atoms with Gasteiger partial charge in [0.1, 0.15) is 5.75 Å². The monoisotopic (exact) mass is 504 g/mol. The molecule has 0 amide bonds. The van der Waals surface area contributed by atoms with Gasteiger partial charge in [-0.2, -0.15) is 14.0 Å². The average molecular weight is 504 g/mol. The van der Waals surface area contributed by atoms with Crippen LogP contribution in [0.1, 0.15) is 67.8 Å². The van der Waals surface area contributed by atoms with Gasteiger partial charge in [-0.1, -0.05) is 20.8 Å². The van der Waals surface area contributed by atoms with Crippen molar-refractivity contribution in [2.45, 2.75) is 58.9 Å². The second kappa shape index (κ2) is 9.60. The summed E-state index contributed by atoms with van der Waals surface area (Å²) in [6.07, 6.45) is -2.11. The molecule has 190 valence electrons. The van der Waals surface area contributed by atoms with Gasteiger partial charge in [0.2, 0.25) is 5.75 Å². The Morgan fingerprint density at radius 1 is 1.17 bits per heavy atom. The van der Waals surface area contributed by atoms with Crippen molar-refractivity contribution >= 4 is 0 Å². The molecule has 0 atom stereocenters. The molecule has 0 aliphatic carbocycles. The Morgan fingerprint density at radius 3 is 2.36 bits per heavy atom. The Bertz CT molecular complexity index is 1460. The summed E-state index contributed by atoms with van der Waals surface area (Å²) in [6, 6.07) is 6.78. The van der Waals surface area contributed by atoms with Crippen molar-refractivity contribution in [3.8, 4) is 17.6 Å². The third kappa shape index (κ3) is 5.48. The van der Waals surface area contributed by atoms with Gasteiger partial charge in [0.15, 0.2) is 5.69 Å². The number of nitrogens with zero attached hydrogens (tertiary/aromatic N) is 3. The molecule has 0 saturated carbocycles. The maximum absolute atomic E-state index is 14.3. The number of nitriles is 1. The highest BCUT2D eigenvalue weighted by Gasteiger charge is 2.34. The first-order valence-corrected chi connectivity index (χ1v) is 10.8. The van der Waals surface area contributed by atoms with Crippen LogP contribution in [0.15, 0.2) is 40.2 Å². The van der Waals surface area contributed by atoms with Gasteiger partial charge >= 0.3 is 0 Å². The normalized spacial score (nSPS) is 12.0. The van der Waals surface area contributed by atoms with Gasteiger partial charge in [0, 0.05) is 34.7 Å². The molecule has 36 heavy (non-hydrogen) atoms. The summed E-state index contributed by atoms with van der Waals surface area (Å²) in [5.41, 5.74) is -2.71. The summed E-state index contributed by atoms with van der Waals surface area (Å²) < 4.78 is 61.7. The number of aromatic amines is 1. The minimum atomic E-state index is -3.62. The highest BCUT2D eigenvalue weighted by atomic mass is 19.3. The van der Waals surface area contributed by atoms with E-state index in [4.69, 9.17) is 4.74 Å². The lowest BCUT2D eigenvalue weighted by molar-refractivity contribution is 0.0101. The topological polar surface area (TPSA) is 101 Å². The van der Waals surface area contributed by atoms with Crippen molar-refractivity contribution in [2.75, 3.05) is 0 Å². The van der Waals surface area contributed by atoms with Crippen molar-refractivity contribution in [1.82, 2.24) is 14.5 Å². The molecule has 0 radical (unpaired) electrons. The van der Waals surface area contributed by atoms with Gasteiger partial charge in [-0.05, 0) is 31.2 Å².